The molecule has 0 saturated carbocycles. The van der Waals surface area contributed by atoms with Crippen molar-refractivity contribution in [2.45, 2.75) is 6.04 Å². The van der Waals surface area contributed by atoms with E-state index in [0.717, 1.165) is 5.96 Å². The number of guanidine groups is 1. The third kappa shape index (κ3) is 4.39. The third-order valence-corrected chi connectivity index (χ3v) is 3.16. The molecule has 4 nitrogen and oxygen atoms in total. The number of hydrogen-bond donors (Lipinski definition) is 0. The summed E-state index contributed by atoms with van der Waals surface area (Å²) in [4.78, 5) is 10.00. The predicted octanol–water partition coefficient (Wildman–Crippen LogP) is 2.05. The first-order chi connectivity index (χ1) is 9.75. The number of rotatable bonds is 4. The lowest BCUT2D eigenvalue weighted by Crippen LogP contribution is -2.36. The van der Waals surface area contributed by atoms with Gasteiger partial charge in [0.25, 0.3) is 0 Å². The number of halogens is 2. The number of likely N-dealkylation sites (N-methyl/N-ethyl adjacent to an activating group) is 1. The maximum absolute atomic E-state index is 14.0. The summed E-state index contributed by atoms with van der Waals surface area (Å²) in [6.45, 7) is 0.274. The van der Waals surface area contributed by atoms with E-state index in [1.54, 1.807) is 19.0 Å². The first-order valence-corrected chi connectivity index (χ1v) is 6.75. The van der Waals surface area contributed by atoms with Crippen LogP contribution in [-0.2, 0) is 0 Å². The molecular weight excluding hydrogens is 274 g/mol. The second kappa shape index (κ2) is 7.36. The number of aliphatic imine (C=N–C) groups is 1. The molecule has 0 aromatic heterocycles. The van der Waals surface area contributed by atoms with E-state index in [0.29, 0.717) is 0 Å². The van der Waals surface area contributed by atoms with E-state index >= 15 is 0 Å². The molecule has 0 saturated heterocycles. The molecule has 0 radical (unpaired) electrons. The molecule has 1 aromatic carbocycles. The molecule has 0 N–H and O–H groups in total. The molecule has 0 aliphatic carbocycles. The van der Waals surface area contributed by atoms with Crippen LogP contribution in [0.25, 0.3) is 0 Å². The minimum atomic E-state index is -0.542. The van der Waals surface area contributed by atoms with Crippen LogP contribution in [0, 0.1) is 11.6 Å². The van der Waals surface area contributed by atoms with Gasteiger partial charge in [-0.25, -0.2) is 8.78 Å². The van der Waals surface area contributed by atoms with Crippen molar-refractivity contribution in [1.82, 2.24) is 14.7 Å². The summed E-state index contributed by atoms with van der Waals surface area (Å²) < 4.78 is 27.9. The highest BCUT2D eigenvalue weighted by molar-refractivity contribution is 5.79. The van der Waals surface area contributed by atoms with Gasteiger partial charge in [-0.1, -0.05) is 6.07 Å². The lowest BCUT2D eigenvalue weighted by Gasteiger charge is -2.27. The summed E-state index contributed by atoms with van der Waals surface area (Å²) in [6.07, 6.45) is 0. The van der Waals surface area contributed by atoms with Crippen molar-refractivity contribution >= 4 is 5.96 Å². The molecule has 118 valence electrons. The van der Waals surface area contributed by atoms with Gasteiger partial charge in [-0.15, -0.1) is 0 Å². The van der Waals surface area contributed by atoms with Gasteiger partial charge in [0, 0.05) is 33.8 Å². The molecule has 21 heavy (non-hydrogen) atoms. The molecule has 0 heterocycles. The molecule has 0 amide bonds. The van der Waals surface area contributed by atoms with Gasteiger partial charge in [0.05, 0.1) is 12.6 Å². The van der Waals surface area contributed by atoms with E-state index in [2.05, 4.69) is 4.99 Å². The quantitative estimate of drug-likeness (QED) is 0.627. The van der Waals surface area contributed by atoms with Gasteiger partial charge in [0.1, 0.15) is 11.6 Å². The van der Waals surface area contributed by atoms with Crippen LogP contribution in [0.4, 0.5) is 8.78 Å². The lowest BCUT2D eigenvalue weighted by atomic mass is 10.0. The molecule has 0 unspecified atom stereocenters. The van der Waals surface area contributed by atoms with Crippen molar-refractivity contribution in [2.24, 2.45) is 4.99 Å². The minimum Gasteiger partial charge on any atom is -0.349 e. The number of hydrogen-bond acceptors (Lipinski definition) is 2. The van der Waals surface area contributed by atoms with Crippen LogP contribution in [0.15, 0.2) is 23.2 Å². The highest BCUT2D eigenvalue weighted by Crippen LogP contribution is 2.24. The van der Waals surface area contributed by atoms with Crippen LogP contribution in [0.3, 0.4) is 0 Å². The summed E-state index contributed by atoms with van der Waals surface area (Å²) in [5.41, 5.74) is 0.0584. The monoisotopic (exact) mass is 298 g/mol. The van der Waals surface area contributed by atoms with Crippen LogP contribution in [0.2, 0.25) is 0 Å². The molecule has 0 aliphatic rings. The zero-order valence-electron chi connectivity index (χ0n) is 13.6. The van der Waals surface area contributed by atoms with Crippen LogP contribution in [0.1, 0.15) is 11.6 Å². The molecule has 0 fully saturated rings. The Hall–Kier alpha value is -1.69. The Bertz CT molecular complexity index is 468. The first kappa shape index (κ1) is 17.4. The lowest BCUT2D eigenvalue weighted by molar-refractivity contribution is 0.288. The van der Waals surface area contributed by atoms with Crippen LogP contribution in [0.5, 0.6) is 0 Å². The van der Waals surface area contributed by atoms with Crippen LogP contribution < -0.4 is 0 Å². The van der Waals surface area contributed by atoms with E-state index in [9.17, 15) is 8.78 Å². The summed E-state index contributed by atoms with van der Waals surface area (Å²) in [5, 5.41) is 0. The molecule has 0 bridgehead atoms. The highest BCUT2D eigenvalue weighted by Gasteiger charge is 2.22. The molecule has 6 heteroatoms. The van der Waals surface area contributed by atoms with Gasteiger partial charge in [-0.3, -0.25) is 4.99 Å². The van der Waals surface area contributed by atoms with E-state index < -0.39 is 17.7 Å². The zero-order valence-corrected chi connectivity index (χ0v) is 13.6. The van der Waals surface area contributed by atoms with Gasteiger partial charge < -0.3 is 14.7 Å². The first-order valence-electron chi connectivity index (χ1n) is 6.75. The molecule has 1 aromatic rings. The number of benzene rings is 1. The Morgan fingerprint density at radius 2 is 1.48 bits per heavy atom. The van der Waals surface area contributed by atoms with E-state index in [1.165, 1.54) is 18.2 Å². The largest absolute Gasteiger partial charge is 0.349 e. The number of nitrogens with zero attached hydrogens (tertiary/aromatic N) is 4. The van der Waals surface area contributed by atoms with E-state index in [4.69, 9.17) is 0 Å². The summed E-state index contributed by atoms with van der Waals surface area (Å²) in [7, 11) is 11.1. The second-order valence-electron chi connectivity index (χ2n) is 5.54. The average molecular weight is 298 g/mol. The fraction of sp³-hybridized carbons (Fsp3) is 0.533. The third-order valence-electron chi connectivity index (χ3n) is 3.16. The van der Waals surface area contributed by atoms with E-state index in [-0.39, 0.29) is 12.1 Å². The van der Waals surface area contributed by atoms with Gasteiger partial charge in [-0.05, 0) is 26.2 Å². The molecule has 0 spiro atoms. The normalized spacial score (nSPS) is 12.2. The SMILES string of the molecule is CN(C)C(=NC[C@@H](c1c(F)cccc1F)N(C)C)N(C)C. The van der Waals surface area contributed by atoms with Crippen LogP contribution in [-0.4, -0.2) is 69.5 Å². The van der Waals surface area contributed by atoms with Crippen molar-refractivity contribution in [3.05, 3.63) is 35.4 Å². The second-order valence-corrected chi connectivity index (χ2v) is 5.54. The van der Waals surface area contributed by atoms with Crippen molar-refractivity contribution in [3.8, 4) is 0 Å². The van der Waals surface area contributed by atoms with Crippen molar-refractivity contribution in [3.63, 3.8) is 0 Å². The standard InChI is InChI=1S/C15H24F2N4/c1-19(2)13(10-18-15(20(3)4)21(5)6)14-11(16)8-7-9-12(14)17/h7-9,13H,10H2,1-6H3/t13-/m0/s1. The molecule has 0 aliphatic heterocycles. The topological polar surface area (TPSA) is 22.1 Å². The molecule has 1 rings (SSSR count). The van der Waals surface area contributed by atoms with Gasteiger partial charge in [0.2, 0.25) is 0 Å². The Balaban J connectivity index is 3.12. The molecule has 1 atom stereocenters. The average Bonchev–Trinajstić information content (AvgIpc) is 2.35. The van der Waals surface area contributed by atoms with Crippen LogP contribution >= 0.6 is 0 Å². The highest BCUT2D eigenvalue weighted by atomic mass is 19.1. The Morgan fingerprint density at radius 3 is 1.86 bits per heavy atom. The maximum atomic E-state index is 14.0. The summed E-state index contributed by atoms with van der Waals surface area (Å²) in [5.74, 6) is -0.334. The van der Waals surface area contributed by atoms with Gasteiger partial charge in [-0.2, -0.15) is 0 Å². The van der Waals surface area contributed by atoms with Gasteiger partial charge >= 0.3 is 0 Å². The van der Waals surface area contributed by atoms with Crippen molar-refractivity contribution in [2.75, 3.05) is 48.8 Å². The smallest absolute Gasteiger partial charge is 0.195 e. The van der Waals surface area contributed by atoms with Crippen molar-refractivity contribution < 1.29 is 8.78 Å². The van der Waals surface area contributed by atoms with Crippen molar-refractivity contribution in [1.29, 1.82) is 0 Å². The summed E-state index contributed by atoms with van der Waals surface area (Å²) in [6, 6.07) is 3.46. The Labute approximate surface area is 125 Å². The molecular formula is C15H24F2N4. The Morgan fingerprint density at radius 1 is 1.00 bits per heavy atom. The maximum Gasteiger partial charge on any atom is 0.195 e. The van der Waals surface area contributed by atoms with E-state index in [1.807, 2.05) is 38.0 Å². The van der Waals surface area contributed by atoms with Gasteiger partial charge in [0.15, 0.2) is 5.96 Å². The zero-order chi connectivity index (χ0) is 16.2. The fourth-order valence-electron chi connectivity index (χ4n) is 2.19. The summed E-state index contributed by atoms with van der Waals surface area (Å²) >= 11 is 0. The minimum absolute atomic E-state index is 0.0584. The fourth-order valence-corrected chi connectivity index (χ4v) is 2.19. The Kier molecular flexibility index (Phi) is 6.08. The predicted molar refractivity (Wildman–Crippen MR) is 82.5 cm³/mol.